The van der Waals surface area contributed by atoms with Gasteiger partial charge in [0.1, 0.15) is 17.0 Å². The molecule has 5 nitrogen and oxygen atoms in total. The monoisotopic (exact) mass is 842 g/mol. The van der Waals surface area contributed by atoms with E-state index in [1.165, 1.54) is 21.5 Å². The van der Waals surface area contributed by atoms with Crippen molar-refractivity contribution in [2.45, 2.75) is 0 Å². The van der Waals surface area contributed by atoms with Crippen LogP contribution in [0.1, 0.15) is 0 Å². The van der Waals surface area contributed by atoms with E-state index in [1.807, 2.05) is 12.1 Å². The van der Waals surface area contributed by atoms with Gasteiger partial charge in [-0.1, -0.05) is 140 Å². The molecule has 4 heterocycles. The van der Waals surface area contributed by atoms with E-state index in [4.69, 9.17) is 9.40 Å². The third-order valence-corrected chi connectivity index (χ3v) is 13.4. The van der Waals surface area contributed by atoms with Crippen molar-refractivity contribution in [3.63, 3.8) is 0 Å². The fraction of sp³-hybridized carbons (Fsp3) is 0. The molecule has 4 aromatic heterocycles. The van der Waals surface area contributed by atoms with E-state index in [9.17, 15) is 0 Å². The standard InChI is InChI=1S/C61H38N4O/c1-2-16-39(17-3-1)61-62-53-23-9-14-28-58(53)65(61)44-33-41(40-30-31-60-52(37-40)51-22-8-15-29-59(51)66-60)32-42(34-44)43-35-45(63-54-24-10-4-18-47(54)48-19-5-11-25-55(48)63)38-46(36-43)64-56-26-12-6-20-49(56)50-21-7-13-27-57(50)64/h1-38H. The largest absolute Gasteiger partial charge is 0.456 e. The average Bonchev–Trinajstić information content (AvgIpc) is 4.14. The minimum Gasteiger partial charge on any atom is -0.456 e. The minimum absolute atomic E-state index is 0.873. The molecule has 0 spiro atoms. The van der Waals surface area contributed by atoms with Crippen LogP contribution in [0.3, 0.4) is 0 Å². The third-order valence-electron chi connectivity index (χ3n) is 13.4. The molecule has 308 valence electrons. The predicted molar refractivity (Wildman–Crippen MR) is 273 cm³/mol. The number of benzene rings is 10. The molecule has 0 saturated heterocycles. The first-order chi connectivity index (χ1) is 32.7. The molecule has 0 N–H and O–H groups in total. The lowest BCUT2D eigenvalue weighted by atomic mass is 9.96. The van der Waals surface area contributed by atoms with Crippen LogP contribution in [-0.4, -0.2) is 18.7 Å². The second-order valence-electron chi connectivity index (χ2n) is 17.2. The Morgan fingerprint density at radius 1 is 0.273 bits per heavy atom. The minimum atomic E-state index is 0.873. The Labute approximate surface area is 379 Å². The van der Waals surface area contributed by atoms with Crippen LogP contribution in [0.25, 0.3) is 127 Å². The van der Waals surface area contributed by atoms with Crippen molar-refractivity contribution >= 4 is 76.6 Å². The summed E-state index contributed by atoms with van der Waals surface area (Å²) < 4.78 is 13.5. The summed E-state index contributed by atoms with van der Waals surface area (Å²) >= 11 is 0. The highest BCUT2D eigenvalue weighted by molar-refractivity contribution is 6.11. The molecule has 0 aliphatic rings. The molecule has 10 aromatic carbocycles. The Kier molecular flexibility index (Phi) is 7.91. The maximum atomic E-state index is 6.33. The second kappa shape index (κ2) is 14.3. The van der Waals surface area contributed by atoms with E-state index >= 15 is 0 Å². The van der Waals surface area contributed by atoms with E-state index in [0.717, 1.165) is 106 Å². The molecule has 5 heteroatoms. The van der Waals surface area contributed by atoms with E-state index in [1.54, 1.807) is 0 Å². The maximum Gasteiger partial charge on any atom is 0.145 e. The van der Waals surface area contributed by atoms with E-state index in [0.29, 0.717) is 0 Å². The van der Waals surface area contributed by atoms with Gasteiger partial charge in [0, 0.05) is 54.9 Å². The fourth-order valence-corrected chi connectivity index (χ4v) is 10.5. The summed E-state index contributed by atoms with van der Waals surface area (Å²) in [5.41, 5.74) is 17.0. The number of imidazole rings is 1. The molecule has 0 bridgehead atoms. The quantitative estimate of drug-likeness (QED) is 0.167. The number of hydrogen-bond acceptors (Lipinski definition) is 2. The van der Waals surface area contributed by atoms with Crippen LogP contribution in [-0.2, 0) is 0 Å². The molecule has 0 saturated carbocycles. The highest BCUT2D eigenvalue weighted by Crippen LogP contribution is 2.41. The zero-order chi connectivity index (χ0) is 43.3. The summed E-state index contributed by atoms with van der Waals surface area (Å²) in [7, 11) is 0. The summed E-state index contributed by atoms with van der Waals surface area (Å²) in [5.74, 6) is 0.890. The zero-order valence-corrected chi connectivity index (χ0v) is 35.6. The van der Waals surface area contributed by atoms with Gasteiger partial charge in [-0.15, -0.1) is 0 Å². The van der Waals surface area contributed by atoms with Gasteiger partial charge < -0.3 is 13.6 Å². The maximum absolute atomic E-state index is 6.33. The second-order valence-corrected chi connectivity index (χ2v) is 17.2. The summed E-state index contributed by atoms with van der Waals surface area (Å²) in [6.45, 7) is 0. The number of hydrogen-bond donors (Lipinski definition) is 0. The van der Waals surface area contributed by atoms with Crippen molar-refractivity contribution in [3.05, 3.63) is 231 Å². The molecule has 0 radical (unpaired) electrons. The number of furan rings is 1. The summed E-state index contributed by atoms with van der Waals surface area (Å²) in [6, 6.07) is 83.0. The first-order valence-corrected chi connectivity index (χ1v) is 22.4. The Morgan fingerprint density at radius 3 is 1.30 bits per heavy atom. The van der Waals surface area contributed by atoms with Gasteiger partial charge in [-0.25, -0.2) is 4.98 Å². The Hall–Kier alpha value is -8.93. The van der Waals surface area contributed by atoms with Crippen LogP contribution in [0.4, 0.5) is 0 Å². The number of aromatic nitrogens is 4. The average molecular weight is 843 g/mol. The van der Waals surface area contributed by atoms with E-state index in [-0.39, 0.29) is 0 Å². The normalized spacial score (nSPS) is 11.9. The third kappa shape index (κ3) is 5.57. The lowest BCUT2D eigenvalue weighted by Crippen LogP contribution is -2.01. The lowest BCUT2D eigenvalue weighted by Gasteiger charge is -2.18. The Morgan fingerprint density at radius 2 is 0.712 bits per heavy atom. The van der Waals surface area contributed by atoms with Gasteiger partial charge >= 0.3 is 0 Å². The molecule has 0 amide bonds. The summed E-state index contributed by atoms with van der Waals surface area (Å²) in [6.07, 6.45) is 0. The molecule has 0 atom stereocenters. The molecule has 14 aromatic rings. The highest BCUT2D eigenvalue weighted by Gasteiger charge is 2.21. The van der Waals surface area contributed by atoms with Crippen molar-refractivity contribution in [2.75, 3.05) is 0 Å². The predicted octanol–water partition coefficient (Wildman–Crippen LogP) is 16.1. The first-order valence-electron chi connectivity index (χ1n) is 22.4. The zero-order valence-electron chi connectivity index (χ0n) is 35.6. The first kappa shape index (κ1) is 36.5. The van der Waals surface area contributed by atoms with Gasteiger partial charge in [0.2, 0.25) is 0 Å². The molecule has 0 fully saturated rings. The molecule has 66 heavy (non-hydrogen) atoms. The van der Waals surface area contributed by atoms with Crippen LogP contribution in [0.2, 0.25) is 0 Å². The molecule has 0 unspecified atom stereocenters. The van der Waals surface area contributed by atoms with Crippen LogP contribution in [0.5, 0.6) is 0 Å². The smallest absolute Gasteiger partial charge is 0.145 e. The van der Waals surface area contributed by atoms with E-state index < -0.39 is 0 Å². The summed E-state index contributed by atoms with van der Waals surface area (Å²) in [4.78, 5) is 5.29. The van der Waals surface area contributed by atoms with E-state index in [2.05, 4.69) is 232 Å². The van der Waals surface area contributed by atoms with Crippen LogP contribution in [0.15, 0.2) is 235 Å². The van der Waals surface area contributed by atoms with Crippen molar-refractivity contribution in [2.24, 2.45) is 0 Å². The van der Waals surface area contributed by atoms with Crippen LogP contribution >= 0.6 is 0 Å². The number of fused-ring (bicyclic) bond motifs is 10. The van der Waals surface area contributed by atoms with Crippen molar-refractivity contribution < 1.29 is 4.42 Å². The number of para-hydroxylation sites is 7. The van der Waals surface area contributed by atoms with Gasteiger partial charge in [0.05, 0.1) is 33.1 Å². The van der Waals surface area contributed by atoms with Crippen LogP contribution in [0, 0.1) is 0 Å². The number of rotatable bonds is 6. The highest BCUT2D eigenvalue weighted by atomic mass is 16.3. The van der Waals surface area contributed by atoms with Gasteiger partial charge in [0.15, 0.2) is 0 Å². The molecule has 0 aliphatic heterocycles. The Bertz CT molecular complexity index is 4000. The molecular weight excluding hydrogens is 805 g/mol. The lowest BCUT2D eigenvalue weighted by molar-refractivity contribution is 0.669. The van der Waals surface area contributed by atoms with Gasteiger partial charge in [-0.05, 0) is 113 Å². The number of nitrogens with zero attached hydrogens (tertiary/aromatic N) is 4. The van der Waals surface area contributed by atoms with Crippen molar-refractivity contribution in [1.29, 1.82) is 0 Å². The molecular formula is C61H38N4O. The van der Waals surface area contributed by atoms with Gasteiger partial charge in [-0.2, -0.15) is 0 Å². The fourth-order valence-electron chi connectivity index (χ4n) is 10.5. The Balaban J connectivity index is 1.09. The molecule has 0 aliphatic carbocycles. The summed E-state index contributed by atoms with van der Waals surface area (Å²) in [5, 5.41) is 7.10. The van der Waals surface area contributed by atoms with Crippen molar-refractivity contribution in [3.8, 4) is 50.7 Å². The molecule has 14 rings (SSSR count). The topological polar surface area (TPSA) is 40.8 Å². The van der Waals surface area contributed by atoms with Crippen molar-refractivity contribution in [1.82, 2.24) is 18.7 Å². The van der Waals surface area contributed by atoms with Gasteiger partial charge in [0.25, 0.3) is 0 Å². The van der Waals surface area contributed by atoms with Crippen LogP contribution < -0.4 is 0 Å². The SMILES string of the molecule is c1ccc(-c2nc3ccccc3n2-c2cc(-c3cc(-n4c5ccccc5c5ccccc54)cc(-n4c5ccccc5c5ccccc54)c3)cc(-c3ccc4oc5ccccc5c4c3)c2)cc1. The van der Waals surface area contributed by atoms with Gasteiger partial charge in [-0.3, -0.25) is 4.57 Å².